The van der Waals surface area contributed by atoms with E-state index in [9.17, 15) is 9.59 Å². The van der Waals surface area contributed by atoms with Crippen molar-refractivity contribution in [1.29, 1.82) is 0 Å². The maximum Gasteiger partial charge on any atom is 0.262 e. The lowest BCUT2D eigenvalue weighted by Gasteiger charge is -2.23. The first-order chi connectivity index (χ1) is 11.2. The Morgan fingerprint density at radius 1 is 1.35 bits per heavy atom. The number of hydrogen-bond acceptors (Lipinski definition) is 4. The predicted molar refractivity (Wildman–Crippen MR) is 87.8 cm³/mol. The first-order valence-corrected chi connectivity index (χ1v) is 8.49. The normalized spacial score (nSPS) is 16.3. The Kier molecular flexibility index (Phi) is 3.53. The summed E-state index contributed by atoms with van der Waals surface area (Å²) in [6.45, 7) is 0.641. The lowest BCUT2D eigenvalue weighted by atomic mass is 10.1. The standard InChI is InChI=1S/C17H16N2O3S/c20-16-10-22-15-8-11(3-6-14(15)18-16)17(21)19(12-4-5-12)9-13-2-1-7-23-13/h1-3,6-8,12H,4-5,9-10H2,(H,18,20). The Bertz CT molecular complexity index is 753. The smallest absolute Gasteiger partial charge is 0.262 e. The van der Waals surface area contributed by atoms with Crippen LogP contribution in [0.25, 0.3) is 0 Å². The summed E-state index contributed by atoms with van der Waals surface area (Å²) < 4.78 is 5.41. The average molecular weight is 328 g/mol. The van der Waals surface area contributed by atoms with E-state index in [0.29, 0.717) is 29.6 Å². The van der Waals surface area contributed by atoms with Gasteiger partial charge in [0, 0.05) is 16.5 Å². The number of thiophene rings is 1. The molecule has 0 bridgehead atoms. The van der Waals surface area contributed by atoms with Gasteiger partial charge in [-0.3, -0.25) is 9.59 Å². The van der Waals surface area contributed by atoms with E-state index >= 15 is 0 Å². The van der Waals surface area contributed by atoms with Gasteiger partial charge < -0.3 is 15.0 Å². The second-order valence-electron chi connectivity index (χ2n) is 5.79. The molecule has 1 aliphatic heterocycles. The molecule has 1 N–H and O–H groups in total. The molecule has 4 rings (SSSR count). The van der Waals surface area contributed by atoms with E-state index in [0.717, 1.165) is 12.8 Å². The summed E-state index contributed by atoms with van der Waals surface area (Å²) in [5.41, 5.74) is 1.22. The third kappa shape index (κ3) is 2.94. The summed E-state index contributed by atoms with van der Waals surface area (Å²) in [5.74, 6) is 0.403. The molecular formula is C17H16N2O3S. The topological polar surface area (TPSA) is 58.6 Å². The lowest BCUT2D eigenvalue weighted by molar-refractivity contribution is -0.118. The van der Waals surface area contributed by atoms with Gasteiger partial charge in [0.1, 0.15) is 5.75 Å². The zero-order valence-electron chi connectivity index (χ0n) is 12.5. The molecule has 5 nitrogen and oxygen atoms in total. The van der Waals surface area contributed by atoms with Crippen LogP contribution in [0.1, 0.15) is 28.1 Å². The molecule has 2 amide bonds. The van der Waals surface area contributed by atoms with Crippen LogP contribution in [0, 0.1) is 0 Å². The van der Waals surface area contributed by atoms with Gasteiger partial charge in [0.05, 0.1) is 12.2 Å². The molecule has 23 heavy (non-hydrogen) atoms. The van der Waals surface area contributed by atoms with Crippen LogP contribution in [0.3, 0.4) is 0 Å². The predicted octanol–water partition coefficient (Wildman–Crippen LogP) is 2.88. The molecule has 0 atom stereocenters. The van der Waals surface area contributed by atoms with Crippen LogP contribution in [-0.2, 0) is 11.3 Å². The first-order valence-electron chi connectivity index (χ1n) is 7.61. The van der Waals surface area contributed by atoms with E-state index < -0.39 is 0 Å². The Balaban J connectivity index is 1.58. The van der Waals surface area contributed by atoms with Crippen LogP contribution in [0.5, 0.6) is 5.75 Å². The highest BCUT2D eigenvalue weighted by atomic mass is 32.1. The van der Waals surface area contributed by atoms with E-state index in [1.165, 1.54) is 4.88 Å². The van der Waals surface area contributed by atoms with Gasteiger partial charge >= 0.3 is 0 Å². The molecule has 0 radical (unpaired) electrons. The molecule has 2 heterocycles. The summed E-state index contributed by atoms with van der Waals surface area (Å²) in [6.07, 6.45) is 2.13. The summed E-state index contributed by atoms with van der Waals surface area (Å²) in [5, 5.41) is 4.77. The average Bonchev–Trinajstić information content (AvgIpc) is 3.27. The summed E-state index contributed by atoms with van der Waals surface area (Å²) in [7, 11) is 0. The van der Waals surface area contributed by atoms with Crippen molar-refractivity contribution in [2.75, 3.05) is 11.9 Å². The van der Waals surface area contributed by atoms with Crippen molar-refractivity contribution in [3.05, 3.63) is 46.2 Å². The van der Waals surface area contributed by atoms with Gasteiger partial charge in [-0.05, 0) is 42.5 Å². The molecule has 2 aliphatic rings. The molecule has 6 heteroatoms. The summed E-state index contributed by atoms with van der Waals surface area (Å²) in [6, 6.07) is 9.60. The molecule has 1 fully saturated rings. The number of hydrogen-bond donors (Lipinski definition) is 1. The van der Waals surface area contributed by atoms with Crippen LogP contribution >= 0.6 is 11.3 Å². The van der Waals surface area contributed by atoms with Crippen LogP contribution in [0.4, 0.5) is 5.69 Å². The monoisotopic (exact) mass is 328 g/mol. The zero-order valence-corrected chi connectivity index (χ0v) is 13.3. The fourth-order valence-electron chi connectivity index (χ4n) is 2.70. The number of rotatable bonds is 4. The highest BCUT2D eigenvalue weighted by Gasteiger charge is 2.33. The number of fused-ring (bicyclic) bond motifs is 1. The van der Waals surface area contributed by atoms with Crippen molar-refractivity contribution >= 4 is 28.8 Å². The Morgan fingerprint density at radius 3 is 2.96 bits per heavy atom. The van der Waals surface area contributed by atoms with Crippen LogP contribution in [-0.4, -0.2) is 29.4 Å². The zero-order chi connectivity index (χ0) is 15.8. The van der Waals surface area contributed by atoms with E-state index in [-0.39, 0.29) is 18.4 Å². The van der Waals surface area contributed by atoms with E-state index in [2.05, 4.69) is 11.4 Å². The molecule has 0 spiro atoms. The largest absolute Gasteiger partial charge is 0.482 e. The number of benzene rings is 1. The molecule has 0 unspecified atom stereocenters. The second kappa shape index (κ2) is 5.70. The van der Waals surface area contributed by atoms with Crippen molar-refractivity contribution in [1.82, 2.24) is 4.90 Å². The van der Waals surface area contributed by atoms with Crippen LogP contribution < -0.4 is 10.1 Å². The number of carbonyl (C=O) groups is 2. The Labute approximate surface area is 137 Å². The van der Waals surface area contributed by atoms with Crippen molar-refractivity contribution in [3.8, 4) is 5.75 Å². The molecule has 1 saturated carbocycles. The van der Waals surface area contributed by atoms with Gasteiger partial charge in [-0.15, -0.1) is 11.3 Å². The Hall–Kier alpha value is -2.34. The molecule has 1 aromatic carbocycles. The van der Waals surface area contributed by atoms with Gasteiger partial charge in [-0.25, -0.2) is 0 Å². The first kappa shape index (κ1) is 14.3. The van der Waals surface area contributed by atoms with Crippen molar-refractivity contribution in [2.24, 2.45) is 0 Å². The van der Waals surface area contributed by atoms with E-state index in [1.54, 1.807) is 29.5 Å². The highest BCUT2D eigenvalue weighted by Crippen LogP contribution is 2.33. The molecular weight excluding hydrogens is 312 g/mol. The lowest BCUT2D eigenvalue weighted by Crippen LogP contribution is -2.32. The third-order valence-electron chi connectivity index (χ3n) is 4.02. The van der Waals surface area contributed by atoms with E-state index in [1.807, 2.05) is 16.3 Å². The van der Waals surface area contributed by atoms with Crippen molar-refractivity contribution in [3.63, 3.8) is 0 Å². The molecule has 118 valence electrons. The van der Waals surface area contributed by atoms with Gasteiger partial charge in [-0.1, -0.05) is 6.07 Å². The number of amides is 2. The fourth-order valence-corrected chi connectivity index (χ4v) is 3.40. The molecule has 1 aliphatic carbocycles. The minimum Gasteiger partial charge on any atom is -0.482 e. The SMILES string of the molecule is O=C1COc2cc(C(=O)N(Cc3cccs3)C3CC3)ccc2N1. The van der Waals surface area contributed by atoms with Crippen LogP contribution in [0.2, 0.25) is 0 Å². The number of nitrogens with zero attached hydrogens (tertiary/aromatic N) is 1. The van der Waals surface area contributed by atoms with E-state index in [4.69, 9.17) is 4.74 Å². The van der Waals surface area contributed by atoms with Crippen molar-refractivity contribution < 1.29 is 14.3 Å². The van der Waals surface area contributed by atoms with Gasteiger partial charge in [0.15, 0.2) is 6.61 Å². The molecule has 1 aromatic heterocycles. The summed E-state index contributed by atoms with van der Waals surface area (Å²) >= 11 is 1.67. The second-order valence-corrected chi connectivity index (χ2v) is 6.82. The quantitative estimate of drug-likeness (QED) is 0.939. The number of ether oxygens (including phenoxy) is 1. The number of carbonyl (C=O) groups excluding carboxylic acids is 2. The number of anilines is 1. The maximum atomic E-state index is 12.9. The highest BCUT2D eigenvalue weighted by molar-refractivity contribution is 7.09. The summed E-state index contributed by atoms with van der Waals surface area (Å²) in [4.78, 5) is 27.3. The van der Waals surface area contributed by atoms with Gasteiger partial charge in [0.2, 0.25) is 0 Å². The van der Waals surface area contributed by atoms with Gasteiger partial charge in [0.25, 0.3) is 11.8 Å². The molecule has 2 aromatic rings. The minimum absolute atomic E-state index is 0.00776. The third-order valence-corrected chi connectivity index (χ3v) is 4.88. The van der Waals surface area contributed by atoms with Crippen LogP contribution in [0.15, 0.2) is 35.7 Å². The molecule has 0 saturated heterocycles. The van der Waals surface area contributed by atoms with Crippen molar-refractivity contribution in [2.45, 2.75) is 25.4 Å². The fraction of sp³-hybridized carbons (Fsp3) is 0.294. The Morgan fingerprint density at radius 2 is 2.22 bits per heavy atom. The van der Waals surface area contributed by atoms with Gasteiger partial charge in [-0.2, -0.15) is 0 Å². The minimum atomic E-state index is -0.172. The number of nitrogens with one attached hydrogen (secondary N) is 1. The maximum absolute atomic E-state index is 12.9.